The quantitative estimate of drug-likeness (QED) is 0.749. The van der Waals surface area contributed by atoms with Crippen molar-refractivity contribution in [3.05, 3.63) is 54.6 Å². The van der Waals surface area contributed by atoms with Gasteiger partial charge in [0.2, 0.25) is 0 Å². The molecule has 3 rings (SSSR count). The Kier molecular flexibility index (Phi) is 3.34. The van der Waals surface area contributed by atoms with Crippen LogP contribution in [-0.4, -0.2) is 15.5 Å². The van der Waals surface area contributed by atoms with Crippen LogP contribution in [0.5, 0.6) is 0 Å². The van der Waals surface area contributed by atoms with Gasteiger partial charge < -0.3 is 5.32 Å². The second-order valence-corrected chi connectivity index (χ2v) is 6.15. The van der Waals surface area contributed by atoms with Crippen molar-refractivity contribution in [1.82, 2.24) is 9.97 Å². The van der Waals surface area contributed by atoms with E-state index in [-0.39, 0.29) is 5.54 Å². The molecule has 0 saturated carbocycles. The number of para-hydroxylation sites is 1. The first-order valence-corrected chi connectivity index (χ1v) is 7.13. The number of anilines is 1. The molecule has 1 N–H and O–H groups in total. The van der Waals surface area contributed by atoms with Crippen molar-refractivity contribution >= 4 is 16.7 Å². The molecule has 0 bridgehead atoms. The molecule has 3 heteroatoms. The van der Waals surface area contributed by atoms with Gasteiger partial charge >= 0.3 is 0 Å². The van der Waals surface area contributed by atoms with Gasteiger partial charge in [-0.3, -0.25) is 0 Å². The average molecular weight is 277 g/mol. The molecule has 0 aliphatic rings. The van der Waals surface area contributed by atoms with Crippen LogP contribution in [0.2, 0.25) is 0 Å². The van der Waals surface area contributed by atoms with Gasteiger partial charge in [0.1, 0.15) is 5.82 Å². The number of benzene rings is 2. The monoisotopic (exact) mass is 277 g/mol. The van der Waals surface area contributed by atoms with Crippen LogP contribution < -0.4 is 5.32 Å². The van der Waals surface area contributed by atoms with Crippen LogP contribution in [0, 0.1) is 0 Å². The van der Waals surface area contributed by atoms with E-state index < -0.39 is 0 Å². The van der Waals surface area contributed by atoms with Gasteiger partial charge in [0.25, 0.3) is 0 Å². The summed E-state index contributed by atoms with van der Waals surface area (Å²) < 4.78 is 0. The molecular formula is C18H19N3. The topological polar surface area (TPSA) is 37.8 Å². The minimum absolute atomic E-state index is 0.0505. The third kappa shape index (κ3) is 3.02. The molecule has 1 heterocycles. The van der Waals surface area contributed by atoms with Crippen molar-refractivity contribution in [2.75, 3.05) is 5.32 Å². The summed E-state index contributed by atoms with van der Waals surface area (Å²) in [6.45, 7) is 6.39. The zero-order valence-corrected chi connectivity index (χ0v) is 12.6. The molecule has 0 unspecified atom stereocenters. The predicted molar refractivity (Wildman–Crippen MR) is 88.3 cm³/mol. The van der Waals surface area contributed by atoms with E-state index in [0.29, 0.717) is 0 Å². The Balaban J connectivity index is 2.20. The van der Waals surface area contributed by atoms with E-state index in [0.717, 1.165) is 28.1 Å². The Morgan fingerprint density at radius 1 is 0.810 bits per heavy atom. The predicted octanol–water partition coefficient (Wildman–Crippen LogP) is 4.51. The molecule has 0 fully saturated rings. The van der Waals surface area contributed by atoms with Crippen molar-refractivity contribution in [2.45, 2.75) is 26.3 Å². The Morgan fingerprint density at radius 2 is 1.48 bits per heavy atom. The lowest BCUT2D eigenvalue weighted by atomic mass is 10.1. The molecule has 1 aromatic heterocycles. The second kappa shape index (κ2) is 5.17. The minimum Gasteiger partial charge on any atom is -0.365 e. The molecule has 2 aromatic carbocycles. The summed E-state index contributed by atoms with van der Waals surface area (Å²) in [6.07, 6.45) is 0. The molecule has 0 aliphatic heterocycles. The van der Waals surface area contributed by atoms with E-state index in [1.807, 2.05) is 48.5 Å². The molecule has 106 valence electrons. The highest BCUT2D eigenvalue weighted by molar-refractivity contribution is 5.90. The van der Waals surface area contributed by atoms with Crippen molar-refractivity contribution in [2.24, 2.45) is 0 Å². The van der Waals surface area contributed by atoms with Gasteiger partial charge in [-0.1, -0.05) is 42.5 Å². The van der Waals surface area contributed by atoms with Crippen LogP contribution in [0.15, 0.2) is 54.6 Å². The molecule has 0 amide bonds. The van der Waals surface area contributed by atoms with Gasteiger partial charge in [0, 0.05) is 16.5 Å². The fourth-order valence-corrected chi connectivity index (χ4v) is 2.24. The summed E-state index contributed by atoms with van der Waals surface area (Å²) in [5, 5.41) is 4.53. The first-order valence-electron chi connectivity index (χ1n) is 7.13. The number of fused-ring (bicyclic) bond motifs is 1. The molecule has 21 heavy (non-hydrogen) atoms. The third-order valence-corrected chi connectivity index (χ3v) is 3.13. The van der Waals surface area contributed by atoms with Gasteiger partial charge in [-0.15, -0.1) is 0 Å². The lowest BCUT2D eigenvalue weighted by Gasteiger charge is -2.22. The smallest absolute Gasteiger partial charge is 0.162 e. The Morgan fingerprint density at radius 3 is 2.19 bits per heavy atom. The van der Waals surface area contributed by atoms with E-state index in [9.17, 15) is 0 Å². The molecule has 0 spiro atoms. The summed E-state index contributed by atoms with van der Waals surface area (Å²) in [5.74, 6) is 1.63. The highest BCUT2D eigenvalue weighted by Gasteiger charge is 2.15. The van der Waals surface area contributed by atoms with Gasteiger partial charge in [0.05, 0.1) is 5.52 Å². The van der Waals surface area contributed by atoms with Gasteiger partial charge in [-0.25, -0.2) is 9.97 Å². The minimum atomic E-state index is -0.0505. The zero-order chi connectivity index (χ0) is 14.9. The highest BCUT2D eigenvalue weighted by atomic mass is 15.1. The molecular weight excluding hydrogens is 258 g/mol. The number of nitrogens with one attached hydrogen (secondary N) is 1. The van der Waals surface area contributed by atoms with Crippen LogP contribution in [-0.2, 0) is 0 Å². The van der Waals surface area contributed by atoms with Crippen LogP contribution in [0.25, 0.3) is 22.3 Å². The largest absolute Gasteiger partial charge is 0.365 e. The normalized spacial score (nSPS) is 11.6. The van der Waals surface area contributed by atoms with E-state index in [1.165, 1.54) is 0 Å². The van der Waals surface area contributed by atoms with Crippen LogP contribution in [0.4, 0.5) is 5.82 Å². The number of hydrogen-bond donors (Lipinski definition) is 1. The fraction of sp³-hybridized carbons (Fsp3) is 0.222. The maximum absolute atomic E-state index is 4.73. The summed E-state index contributed by atoms with van der Waals surface area (Å²) in [5.41, 5.74) is 1.93. The van der Waals surface area contributed by atoms with Crippen molar-refractivity contribution in [1.29, 1.82) is 0 Å². The molecule has 0 saturated heterocycles. The first kappa shape index (κ1) is 13.6. The van der Waals surface area contributed by atoms with E-state index in [2.05, 4.69) is 37.1 Å². The summed E-state index contributed by atoms with van der Waals surface area (Å²) in [4.78, 5) is 9.42. The molecule has 3 nitrogen and oxygen atoms in total. The number of nitrogens with zero attached hydrogens (tertiary/aromatic N) is 2. The molecule has 0 radical (unpaired) electrons. The zero-order valence-electron chi connectivity index (χ0n) is 12.6. The van der Waals surface area contributed by atoms with Crippen LogP contribution >= 0.6 is 0 Å². The average Bonchev–Trinajstić information content (AvgIpc) is 2.46. The van der Waals surface area contributed by atoms with E-state index >= 15 is 0 Å². The van der Waals surface area contributed by atoms with Gasteiger partial charge in [0.15, 0.2) is 5.82 Å². The maximum Gasteiger partial charge on any atom is 0.162 e. The van der Waals surface area contributed by atoms with Gasteiger partial charge in [-0.05, 0) is 32.9 Å². The van der Waals surface area contributed by atoms with Crippen molar-refractivity contribution in [3.8, 4) is 11.4 Å². The van der Waals surface area contributed by atoms with E-state index in [4.69, 9.17) is 4.98 Å². The highest BCUT2D eigenvalue weighted by Crippen LogP contribution is 2.26. The summed E-state index contributed by atoms with van der Waals surface area (Å²) in [6, 6.07) is 18.2. The number of aromatic nitrogens is 2. The molecule has 3 aromatic rings. The number of hydrogen-bond acceptors (Lipinski definition) is 3. The molecule has 0 aliphatic carbocycles. The molecule has 0 atom stereocenters. The Hall–Kier alpha value is -2.42. The fourth-order valence-electron chi connectivity index (χ4n) is 2.24. The Bertz CT molecular complexity index is 758. The third-order valence-electron chi connectivity index (χ3n) is 3.13. The van der Waals surface area contributed by atoms with E-state index in [1.54, 1.807) is 0 Å². The summed E-state index contributed by atoms with van der Waals surface area (Å²) >= 11 is 0. The first-order chi connectivity index (χ1) is 10.0. The SMILES string of the molecule is CC(C)(C)Nc1nc(-c2ccccc2)nc2ccccc12. The lowest BCUT2D eigenvalue weighted by molar-refractivity contribution is 0.631. The lowest BCUT2D eigenvalue weighted by Crippen LogP contribution is -2.27. The van der Waals surface area contributed by atoms with Crippen LogP contribution in [0.1, 0.15) is 20.8 Å². The maximum atomic E-state index is 4.73. The summed E-state index contributed by atoms with van der Waals surface area (Å²) in [7, 11) is 0. The van der Waals surface area contributed by atoms with Crippen LogP contribution in [0.3, 0.4) is 0 Å². The second-order valence-electron chi connectivity index (χ2n) is 6.15. The Labute approximate surface area is 125 Å². The van der Waals surface area contributed by atoms with Crippen molar-refractivity contribution in [3.63, 3.8) is 0 Å². The standard InChI is InChI=1S/C18H19N3/c1-18(2,3)21-17-14-11-7-8-12-15(14)19-16(20-17)13-9-5-4-6-10-13/h4-12H,1-3H3,(H,19,20,21). The van der Waals surface area contributed by atoms with Gasteiger partial charge in [-0.2, -0.15) is 0 Å². The van der Waals surface area contributed by atoms with Crippen molar-refractivity contribution < 1.29 is 0 Å². The number of rotatable bonds is 2.